The van der Waals surface area contributed by atoms with E-state index in [1.54, 1.807) is 0 Å². The minimum absolute atomic E-state index is 0.114. The van der Waals surface area contributed by atoms with Gasteiger partial charge in [-0.15, -0.1) is 0 Å². The van der Waals surface area contributed by atoms with Gasteiger partial charge in [0.25, 0.3) is 11.8 Å². The van der Waals surface area contributed by atoms with E-state index >= 15 is 0 Å². The topological polar surface area (TPSA) is 90.2 Å². The molecule has 2 saturated carbocycles. The van der Waals surface area contributed by atoms with Crippen LogP contribution in [0.25, 0.3) is 0 Å². The monoisotopic (exact) mass is 480 g/mol. The van der Waals surface area contributed by atoms with Gasteiger partial charge in [0.2, 0.25) is 0 Å². The van der Waals surface area contributed by atoms with Crippen LogP contribution in [0.1, 0.15) is 12.0 Å². The Morgan fingerprint density at radius 3 is 2.19 bits per heavy atom. The first-order valence-electron chi connectivity index (χ1n) is 8.40. The van der Waals surface area contributed by atoms with Crippen molar-refractivity contribution in [3.8, 4) is 11.5 Å². The van der Waals surface area contributed by atoms with Crippen LogP contribution in [0.4, 0.5) is 0 Å². The van der Waals surface area contributed by atoms with Gasteiger partial charge in [-0.25, -0.2) is 0 Å². The largest absolute Gasteiger partial charge is 0.506 e. The van der Waals surface area contributed by atoms with E-state index < -0.39 is 0 Å². The van der Waals surface area contributed by atoms with Gasteiger partial charge in [-0.1, -0.05) is 12.2 Å². The number of hydrogen-bond donors (Lipinski definition) is 2. The van der Waals surface area contributed by atoms with Crippen LogP contribution in [0.3, 0.4) is 0 Å². The molecule has 1 aliphatic heterocycles. The molecule has 1 heterocycles. The normalized spacial score (nSPS) is 36.8. The summed E-state index contributed by atoms with van der Waals surface area (Å²) in [5.41, 5.74) is 0.279. The summed E-state index contributed by atoms with van der Waals surface area (Å²) >= 11 is 6.28. The van der Waals surface area contributed by atoms with E-state index in [1.807, 2.05) is 0 Å². The third-order valence-electron chi connectivity index (χ3n) is 6.15. The van der Waals surface area contributed by atoms with Gasteiger partial charge >= 0.3 is 0 Å². The van der Waals surface area contributed by atoms with Crippen molar-refractivity contribution in [1.82, 2.24) is 5.01 Å². The lowest BCUT2D eigenvalue weighted by atomic mass is 9.63. The molecule has 6 atom stereocenters. The summed E-state index contributed by atoms with van der Waals surface area (Å²) in [6.07, 6.45) is 6.60. The maximum Gasteiger partial charge on any atom is 0.254 e. The Balaban J connectivity index is 1.47. The molecule has 0 unspecified atom stereocenters. The minimum atomic E-state index is -0.301. The summed E-state index contributed by atoms with van der Waals surface area (Å²) in [6.45, 7) is 0. The number of hydrogen-bond acceptors (Lipinski definition) is 5. The van der Waals surface area contributed by atoms with Crippen LogP contribution in [-0.4, -0.2) is 33.3 Å². The molecule has 3 fully saturated rings. The van der Waals surface area contributed by atoms with Gasteiger partial charge in [0, 0.05) is 5.56 Å². The van der Waals surface area contributed by atoms with E-state index in [-0.39, 0.29) is 57.0 Å². The maximum absolute atomic E-state index is 12.8. The van der Waals surface area contributed by atoms with Gasteiger partial charge in [-0.2, -0.15) is 10.1 Å². The van der Waals surface area contributed by atoms with Crippen LogP contribution in [0.2, 0.25) is 0 Å². The number of aromatic hydroxyl groups is 2. The fourth-order valence-corrected chi connectivity index (χ4v) is 6.04. The van der Waals surface area contributed by atoms with Crippen LogP contribution in [0.5, 0.6) is 11.5 Å². The predicted octanol–water partition coefficient (Wildman–Crippen LogP) is 3.01. The van der Waals surface area contributed by atoms with Gasteiger partial charge in [-0.05, 0) is 68.0 Å². The Bertz CT molecular complexity index is 892. The second-order valence-corrected chi connectivity index (χ2v) is 8.99. The number of imide groups is 1. The Labute approximate surface area is 165 Å². The number of benzene rings is 1. The highest BCUT2D eigenvalue weighted by molar-refractivity contribution is 9.11. The molecule has 2 N–H and O–H groups in total. The molecule has 1 saturated heterocycles. The van der Waals surface area contributed by atoms with Crippen molar-refractivity contribution in [2.24, 2.45) is 40.6 Å². The van der Waals surface area contributed by atoms with Crippen molar-refractivity contribution < 1.29 is 19.8 Å². The van der Waals surface area contributed by atoms with E-state index in [9.17, 15) is 19.8 Å². The molecule has 4 aliphatic carbocycles. The Morgan fingerprint density at radius 1 is 1.04 bits per heavy atom. The van der Waals surface area contributed by atoms with Crippen LogP contribution in [-0.2, 0) is 9.59 Å². The number of carbonyl (C=O) groups is 2. The van der Waals surface area contributed by atoms with Crippen LogP contribution in [0.15, 0.2) is 32.3 Å². The molecule has 6 rings (SSSR count). The Hall–Kier alpha value is -1.67. The van der Waals surface area contributed by atoms with Crippen molar-refractivity contribution in [3.05, 3.63) is 32.7 Å². The average Bonchev–Trinajstić information content (AvgIpc) is 3.41. The summed E-state index contributed by atoms with van der Waals surface area (Å²) in [5, 5.41) is 25.0. The molecular formula is C18H14Br2N2O4. The van der Waals surface area contributed by atoms with Crippen LogP contribution < -0.4 is 0 Å². The molecular weight excluding hydrogens is 468 g/mol. The zero-order valence-electron chi connectivity index (χ0n) is 13.3. The standard InChI is InChI=1S/C18H14Br2N2O4/c19-11-3-6(15(23)14(20)16(11)24)5-21-22-17(25)12-7-1-2-8(10-4-9(7)10)13(12)18(22)26/h1-3,5,7-10,12-13,23-24H,4H2/b21-5-/t7-,8-,9-,10-,12-,13+/m0/s1. The molecule has 6 nitrogen and oxygen atoms in total. The molecule has 0 radical (unpaired) electrons. The Kier molecular flexibility index (Phi) is 3.44. The van der Waals surface area contributed by atoms with Gasteiger partial charge < -0.3 is 10.2 Å². The number of carbonyl (C=O) groups excluding carboxylic acids is 2. The highest BCUT2D eigenvalue weighted by atomic mass is 79.9. The molecule has 134 valence electrons. The summed E-state index contributed by atoms with van der Waals surface area (Å²) in [4.78, 5) is 25.7. The molecule has 2 amide bonds. The van der Waals surface area contributed by atoms with Crippen molar-refractivity contribution in [1.29, 1.82) is 0 Å². The SMILES string of the molecule is O=C1[C@@H]2[C@H]3C=C[C@@H]([C@@H]4C[C@@H]34)[C@@H]2C(=O)N1/N=C\c1cc(Br)c(O)c(Br)c1O. The third kappa shape index (κ3) is 2.05. The van der Waals surface area contributed by atoms with Gasteiger partial charge in [0.05, 0.1) is 22.5 Å². The van der Waals surface area contributed by atoms with E-state index in [0.29, 0.717) is 16.3 Å². The quantitative estimate of drug-likeness (QED) is 0.386. The number of phenols is 2. The lowest BCUT2D eigenvalue weighted by molar-refractivity contribution is -0.140. The molecule has 1 aromatic carbocycles. The molecule has 26 heavy (non-hydrogen) atoms. The minimum Gasteiger partial charge on any atom is -0.506 e. The number of nitrogens with zero attached hydrogens (tertiary/aromatic N) is 2. The van der Waals surface area contributed by atoms with Gasteiger partial charge in [0.15, 0.2) is 0 Å². The number of halogens is 2. The number of phenolic OH excluding ortho intramolecular Hbond substituents is 2. The van der Waals surface area contributed by atoms with E-state index in [0.717, 1.165) is 11.4 Å². The van der Waals surface area contributed by atoms with E-state index in [2.05, 4.69) is 49.1 Å². The van der Waals surface area contributed by atoms with Crippen LogP contribution in [0, 0.1) is 35.5 Å². The number of allylic oxidation sites excluding steroid dienone is 2. The van der Waals surface area contributed by atoms with Crippen LogP contribution >= 0.6 is 31.9 Å². The zero-order chi connectivity index (χ0) is 18.3. The third-order valence-corrected chi connectivity index (χ3v) is 7.51. The Morgan fingerprint density at radius 2 is 1.62 bits per heavy atom. The smallest absolute Gasteiger partial charge is 0.254 e. The second-order valence-electron chi connectivity index (χ2n) is 7.35. The average molecular weight is 482 g/mol. The summed E-state index contributed by atoms with van der Waals surface area (Å²) in [6, 6.07) is 1.47. The lowest BCUT2D eigenvalue weighted by Gasteiger charge is -2.37. The molecule has 2 bridgehead atoms. The highest BCUT2D eigenvalue weighted by Crippen LogP contribution is 2.65. The first-order chi connectivity index (χ1) is 12.4. The number of rotatable bonds is 2. The highest BCUT2D eigenvalue weighted by Gasteiger charge is 2.67. The summed E-state index contributed by atoms with van der Waals surface area (Å²) < 4.78 is 0.474. The predicted molar refractivity (Wildman–Crippen MR) is 99.3 cm³/mol. The molecule has 0 aromatic heterocycles. The number of hydrazone groups is 1. The molecule has 1 aromatic rings. The number of amides is 2. The summed E-state index contributed by atoms with van der Waals surface area (Å²) in [7, 11) is 0. The van der Waals surface area contributed by atoms with E-state index in [1.165, 1.54) is 12.3 Å². The first-order valence-corrected chi connectivity index (χ1v) is 9.98. The molecule has 0 spiro atoms. The van der Waals surface area contributed by atoms with E-state index in [4.69, 9.17) is 0 Å². The fourth-order valence-electron chi connectivity index (χ4n) is 4.89. The first kappa shape index (κ1) is 16.5. The zero-order valence-corrected chi connectivity index (χ0v) is 16.5. The lowest BCUT2D eigenvalue weighted by Crippen LogP contribution is -2.40. The second kappa shape index (κ2) is 5.42. The molecule has 8 heteroatoms. The maximum atomic E-state index is 12.8. The van der Waals surface area contributed by atoms with Crippen molar-refractivity contribution in [2.75, 3.05) is 0 Å². The van der Waals surface area contributed by atoms with Gasteiger partial charge in [-0.3, -0.25) is 9.59 Å². The molecule has 5 aliphatic rings. The van der Waals surface area contributed by atoms with Gasteiger partial charge in [0.1, 0.15) is 16.0 Å². The van der Waals surface area contributed by atoms with Crippen molar-refractivity contribution in [2.45, 2.75) is 6.42 Å². The van der Waals surface area contributed by atoms with Crippen molar-refractivity contribution >= 4 is 49.9 Å². The fraction of sp³-hybridized carbons (Fsp3) is 0.389. The van der Waals surface area contributed by atoms with Crippen molar-refractivity contribution in [3.63, 3.8) is 0 Å². The summed E-state index contributed by atoms with van der Waals surface area (Å²) in [5.74, 6) is -0.0749.